The van der Waals surface area contributed by atoms with E-state index in [4.69, 9.17) is 0 Å². The molecule has 0 aromatic heterocycles. The number of carbonyl (C=O) groups is 3. The maximum atomic E-state index is 13.5. The van der Waals surface area contributed by atoms with Crippen molar-refractivity contribution in [2.24, 2.45) is 5.92 Å². The van der Waals surface area contributed by atoms with E-state index in [2.05, 4.69) is 10.6 Å². The van der Waals surface area contributed by atoms with Crippen LogP contribution < -0.4 is 10.6 Å². The van der Waals surface area contributed by atoms with E-state index in [-0.39, 0.29) is 29.9 Å². The monoisotopic (exact) mass is 483 g/mol. The molecule has 6 nitrogen and oxygen atoms in total. The summed E-state index contributed by atoms with van der Waals surface area (Å²) in [5, 5.41) is 5.28. The number of amides is 3. The van der Waals surface area contributed by atoms with Crippen molar-refractivity contribution >= 4 is 17.7 Å². The molecule has 0 fully saturated rings. The number of benzene rings is 2. The summed E-state index contributed by atoms with van der Waals surface area (Å²) in [4.78, 5) is 40.4. The molecular formula is C27H31F2N3O3. The lowest BCUT2D eigenvalue weighted by atomic mass is 10.0. The first-order valence-corrected chi connectivity index (χ1v) is 11.7. The zero-order valence-electron chi connectivity index (χ0n) is 20.1. The van der Waals surface area contributed by atoms with E-state index < -0.39 is 35.5 Å². The Balaban J connectivity index is 1.65. The first-order valence-electron chi connectivity index (χ1n) is 11.7. The molecule has 186 valence electrons. The van der Waals surface area contributed by atoms with Gasteiger partial charge in [-0.3, -0.25) is 14.4 Å². The fourth-order valence-electron chi connectivity index (χ4n) is 4.10. The van der Waals surface area contributed by atoms with Crippen molar-refractivity contribution in [3.05, 3.63) is 83.4 Å². The van der Waals surface area contributed by atoms with Crippen LogP contribution in [0.25, 0.3) is 0 Å². The number of hydrogen-bond acceptors (Lipinski definition) is 3. The van der Waals surface area contributed by atoms with Crippen molar-refractivity contribution in [2.75, 3.05) is 6.54 Å². The van der Waals surface area contributed by atoms with Crippen molar-refractivity contribution in [3.8, 4) is 0 Å². The highest BCUT2D eigenvalue weighted by Crippen LogP contribution is 2.27. The molecule has 0 saturated carbocycles. The molecule has 8 heteroatoms. The van der Waals surface area contributed by atoms with Crippen LogP contribution in [0.2, 0.25) is 0 Å². The minimum Gasteiger partial charge on any atom is -0.344 e. The second-order valence-electron chi connectivity index (χ2n) is 9.21. The summed E-state index contributed by atoms with van der Waals surface area (Å²) in [7, 11) is 0. The van der Waals surface area contributed by atoms with Gasteiger partial charge in [0.2, 0.25) is 17.7 Å². The number of hydrogen-bond donors (Lipinski definition) is 2. The summed E-state index contributed by atoms with van der Waals surface area (Å²) in [6, 6.07) is 10.6. The van der Waals surface area contributed by atoms with Crippen molar-refractivity contribution < 1.29 is 23.2 Å². The predicted octanol–water partition coefficient (Wildman–Crippen LogP) is 3.68. The van der Waals surface area contributed by atoms with Crippen molar-refractivity contribution in [1.29, 1.82) is 0 Å². The van der Waals surface area contributed by atoms with Gasteiger partial charge in [0.05, 0.1) is 12.5 Å². The van der Waals surface area contributed by atoms with Crippen LogP contribution in [0.5, 0.6) is 0 Å². The molecule has 3 rings (SSSR count). The van der Waals surface area contributed by atoms with Gasteiger partial charge in [-0.25, -0.2) is 8.78 Å². The van der Waals surface area contributed by atoms with E-state index in [9.17, 15) is 23.2 Å². The summed E-state index contributed by atoms with van der Waals surface area (Å²) in [5.41, 5.74) is 1.15. The quantitative estimate of drug-likeness (QED) is 0.563. The summed E-state index contributed by atoms with van der Waals surface area (Å²) >= 11 is 0. The van der Waals surface area contributed by atoms with Crippen LogP contribution in [0.3, 0.4) is 0 Å². The standard InChI is InChI=1S/C27H31F2N3O3/c1-17(2)16-32-24(20-8-5-4-6-9-20)11-7-10-23(27(32)35)31-26(34)18(3)30-25(33)14-19-12-21(28)15-22(29)13-19/h4-9,11-13,15,17-18,23-24H,10,14,16H2,1-3H3,(H,30,33)(H,31,34)/t18-,23+,24-/m0/s1. The molecule has 2 aromatic rings. The van der Waals surface area contributed by atoms with Gasteiger partial charge < -0.3 is 15.5 Å². The summed E-state index contributed by atoms with van der Waals surface area (Å²) in [6.45, 7) is 6.07. The molecule has 1 aliphatic rings. The van der Waals surface area contributed by atoms with Gasteiger partial charge in [-0.2, -0.15) is 0 Å². The molecule has 0 aliphatic carbocycles. The van der Waals surface area contributed by atoms with Gasteiger partial charge in [-0.05, 0) is 42.5 Å². The van der Waals surface area contributed by atoms with Crippen molar-refractivity contribution in [2.45, 2.75) is 51.7 Å². The fraction of sp³-hybridized carbons (Fsp3) is 0.370. The SMILES string of the molecule is CC(C)CN1C(=O)[C@H](NC(=O)[C@H](C)NC(=O)Cc2cc(F)cc(F)c2)CC=C[C@H]1c1ccccc1. The fourth-order valence-corrected chi connectivity index (χ4v) is 4.10. The average Bonchev–Trinajstić information content (AvgIpc) is 2.92. The highest BCUT2D eigenvalue weighted by molar-refractivity contribution is 5.92. The van der Waals surface area contributed by atoms with Crippen LogP contribution in [0.15, 0.2) is 60.7 Å². The second-order valence-corrected chi connectivity index (χ2v) is 9.21. The Hall–Kier alpha value is -3.55. The van der Waals surface area contributed by atoms with Gasteiger partial charge >= 0.3 is 0 Å². The Bertz CT molecular complexity index is 1070. The van der Waals surface area contributed by atoms with Gasteiger partial charge in [-0.1, -0.05) is 56.3 Å². The molecule has 2 N–H and O–H groups in total. The van der Waals surface area contributed by atoms with E-state index in [0.29, 0.717) is 13.0 Å². The second kappa shape index (κ2) is 11.7. The Morgan fingerprint density at radius 1 is 1.06 bits per heavy atom. The van der Waals surface area contributed by atoms with Crippen molar-refractivity contribution in [1.82, 2.24) is 15.5 Å². The van der Waals surface area contributed by atoms with Crippen LogP contribution in [0.1, 0.15) is 44.4 Å². The molecule has 0 radical (unpaired) electrons. The zero-order valence-corrected chi connectivity index (χ0v) is 20.1. The highest BCUT2D eigenvalue weighted by Gasteiger charge is 2.33. The average molecular weight is 484 g/mol. The van der Waals surface area contributed by atoms with E-state index in [1.165, 1.54) is 6.92 Å². The number of nitrogens with zero attached hydrogens (tertiary/aromatic N) is 1. The van der Waals surface area contributed by atoms with Gasteiger partial charge in [0.15, 0.2) is 0 Å². The normalized spacial score (nSPS) is 18.8. The molecule has 0 saturated heterocycles. The summed E-state index contributed by atoms with van der Waals surface area (Å²) in [6.07, 6.45) is 3.91. The van der Waals surface area contributed by atoms with Gasteiger partial charge in [0.25, 0.3) is 0 Å². The summed E-state index contributed by atoms with van der Waals surface area (Å²) in [5.74, 6) is -2.61. The van der Waals surface area contributed by atoms with Crippen LogP contribution in [0, 0.1) is 17.6 Å². The van der Waals surface area contributed by atoms with E-state index >= 15 is 0 Å². The Kier molecular flexibility index (Phi) is 8.73. The Morgan fingerprint density at radius 3 is 2.34 bits per heavy atom. The molecule has 3 amide bonds. The molecule has 0 unspecified atom stereocenters. The third-order valence-corrected chi connectivity index (χ3v) is 5.68. The molecule has 0 spiro atoms. The van der Waals surface area contributed by atoms with E-state index in [0.717, 1.165) is 23.8 Å². The highest BCUT2D eigenvalue weighted by atomic mass is 19.1. The van der Waals surface area contributed by atoms with Gasteiger partial charge in [0.1, 0.15) is 23.7 Å². The molecule has 1 aliphatic heterocycles. The molecule has 2 aromatic carbocycles. The topological polar surface area (TPSA) is 78.5 Å². The summed E-state index contributed by atoms with van der Waals surface area (Å²) < 4.78 is 26.7. The Morgan fingerprint density at radius 2 is 1.71 bits per heavy atom. The van der Waals surface area contributed by atoms with Gasteiger partial charge in [0, 0.05) is 12.6 Å². The smallest absolute Gasteiger partial charge is 0.246 e. The first-order chi connectivity index (χ1) is 16.6. The van der Waals surface area contributed by atoms with Crippen LogP contribution in [-0.4, -0.2) is 41.2 Å². The van der Waals surface area contributed by atoms with Crippen LogP contribution >= 0.6 is 0 Å². The minimum atomic E-state index is -0.940. The molecule has 35 heavy (non-hydrogen) atoms. The molecule has 1 heterocycles. The maximum Gasteiger partial charge on any atom is 0.246 e. The number of halogens is 2. The lowest BCUT2D eigenvalue weighted by molar-refractivity contribution is -0.138. The van der Waals surface area contributed by atoms with E-state index in [1.807, 2.05) is 56.3 Å². The van der Waals surface area contributed by atoms with E-state index in [1.54, 1.807) is 4.90 Å². The van der Waals surface area contributed by atoms with Crippen LogP contribution in [0.4, 0.5) is 8.78 Å². The minimum absolute atomic E-state index is 0.160. The number of carbonyl (C=O) groups excluding carboxylic acids is 3. The number of rotatable bonds is 8. The van der Waals surface area contributed by atoms with Gasteiger partial charge in [-0.15, -0.1) is 0 Å². The zero-order chi connectivity index (χ0) is 25.5. The lowest BCUT2D eigenvalue weighted by Gasteiger charge is -2.33. The molecule has 3 atom stereocenters. The number of nitrogens with one attached hydrogen (secondary N) is 2. The third kappa shape index (κ3) is 7.21. The predicted molar refractivity (Wildman–Crippen MR) is 129 cm³/mol. The Labute approximate surface area is 204 Å². The first kappa shape index (κ1) is 26.1. The van der Waals surface area contributed by atoms with Crippen molar-refractivity contribution in [3.63, 3.8) is 0 Å². The lowest BCUT2D eigenvalue weighted by Crippen LogP contribution is -2.53. The maximum absolute atomic E-state index is 13.5. The third-order valence-electron chi connectivity index (χ3n) is 5.68. The largest absolute Gasteiger partial charge is 0.344 e. The molecular weight excluding hydrogens is 452 g/mol. The van der Waals surface area contributed by atoms with Crippen LogP contribution in [-0.2, 0) is 20.8 Å². The molecule has 0 bridgehead atoms.